The number of nitro benzene ring substituents is 1. The SMILES string of the molecule is O=Cc1ccc([N+](=O)[O-])c(OCC(=O)NC2CC2)c1. The highest BCUT2D eigenvalue weighted by Gasteiger charge is 2.24. The monoisotopic (exact) mass is 264 g/mol. The number of nitro groups is 1. The van der Waals surface area contributed by atoms with Crippen molar-refractivity contribution >= 4 is 17.9 Å². The molecule has 0 aliphatic heterocycles. The quantitative estimate of drug-likeness (QED) is 0.470. The third-order valence-corrected chi connectivity index (χ3v) is 2.62. The van der Waals surface area contributed by atoms with Crippen molar-refractivity contribution in [3.63, 3.8) is 0 Å². The highest BCUT2D eigenvalue weighted by molar-refractivity contribution is 5.79. The largest absolute Gasteiger partial charge is 0.477 e. The van der Waals surface area contributed by atoms with Gasteiger partial charge in [0.1, 0.15) is 6.29 Å². The fourth-order valence-electron chi connectivity index (χ4n) is 1.51. The Morgan fingerprint density at radius 3 is 2.84 bits per heavy atom. The number of nitrogens with zero attached hydrogens (tertiary/aromatic N) is 1. The number of hydrogen-bond acceptors (Lipinski definition) is 5. The van der Waals surface area contributed by atoms with E-state index in [0.717, 1.165) is 12.8 Å². The van der Waals surface area contributed by atoms with E-state index in [2.05, 4.69) is 5.32 Å². The van der Waals surface area contributed by atoms with Crippen LogP contribution in [0.1, 0.15) is 23.2 Å². The summed E-state index contributed by atoms with van der Waals surface area (Å²) in [6.07, 6.45) is 2.46. The predicted molar refractivity (Wildman–Crippen MR) is 65.1 cm³/mol. The van der Waals surface area contributed by atoms with E-state index in [1.165, 1.54) is 18.2 Å². The lowest BCUT2D eigenvalue weighted by atomic mass is 10.2. The number of carbonyl (C=O) groups excluding carboxylic acids is 2. The van der Waals surface area contributed by atoms with Gasteiger partial charge in [-0.3, -0.25) is 19.7 Å². The Morgan fingerprint density at radius 1 is 1.53 bits per heavy atom. The van der Waals surface area contributed by atoms with Crippen LogP contribution in [0.15, 0.2) is 18.2 Å². The van der Waals surface area contributed by atoms with Gasteiger partial charge < -0.3 is 10.1 Å². The molecule has 0 radical (unpaired) electrons. The minimum absolute atomic E-state index is 0.0828. The van der Waals surface area contributed by atoms with Crippen LogP contribution in [0.4, 0.5) is 5.69 Å². The molecular formula is C12H12N2O5. The minimum Gasteiger partial charge on any atom is -0.477 e. The summed E-state index contributed by atoms with van der Waals surface area (Å²) in [5.74, 6) is -0.408. The van der Waals surface area contributed by atoms with Crippen molar-refractivity contribution in [2.24, 2.45) is 0 Å². The number of rotatable bonds is 6. The topological polar surface area (TPSA) is 98.5 Å². The Balaban J connectivity index is 2.05. The van der Waals surface area contributed by atoms with E-state index >= 15 is 0 Å². The highest BCUT2D eigenvalue weighted by atomic mass is 16.6. The zero-order valence-corrected chi connectivity index (χ0v) is 10.00. The number of nitrogens with one attached hydrogen (secondary N) is 1. The summed E-state index contributed by atoms with van der Waals surface area (Å²) in [6, 6.07) is 3.95. The predicted octanol–water partition coefficient (Wildman–Crippen LogP) is 1.06. The van der Waals surface area contributed by atoms with Crippen LogP contribution < -0.4 is 10.1 Å². The van der Waals surface area contributed by atoms with Crippen molar-refractivity contribution in [2.45, 2.75) is 18.9 Å². The van der Waals surface area contributed by atoms with Crippen molar-refractivity contribution in [3.05, 3.63) is 33.9 Å². The highest BCUT2D eigenvalue weighted by Crippen LogP contribution is 2.27. The molecule has 1 aliphatic rings. The average molecular weight is 264 g/mol. The molecule has 19 heavy (non-hydrogen) atoms. The van der Waals surface area contributed by atoms with Gasteiger partial charge in [-0.2, -0.15) is 0 Å². The second kappa shape index (κ2) is 5.47. The molecule has 7 nitrogen and oxygen atoms in total. The van der Waals surface area contributed by atoms with Crippen molar-refractivity contribution in [1.29, 1.82) is 0 Å². The van der Waals surface area contributed by atoms with Crippen LogP contribution >= 0.6 is 0 Å². The number of hydrogen-bond donors (Lipinski definition) is 1. The lowest BCUT2D eigenvalue weighted by Crippen LogP contribution is -2.30. The van der Waals surface area contributed by atoms with E-state index in [1.54, 1.807) is 0 Å². The average Bonchev–Trinajstić information content (AvgIpc) is 3.19. The zero-order chi connectivity index (χ0) is 13.8. The van der Waals surface area contributed by atoms with Gasteiger partial charge in [0.05, 0.1) is 4.92 Å². The second-order valence-electron chi connectivity index (χ2n) is 4.23. The maximum absolute atomic E-state index is 11.4. The number of carbonyl (C=O) groups is 2. The molecule has 100 valence electrons. The molecule has 1 aromatic carbocycles. The maximum Gasteiger partial charge on any atom is 0.310 e. The normalized spacial score (nSPS) is 13.7. The molecule has 2 rings (SSSR count). The van der Waals surface area contributed by atoms with Crippen LogP contribution in [-0.2, 0) is 4.79 Å². The summed E-state index contributed by atoms with van der Waals surface area (Å²) in [7, 11) is 0. The zero-order valence-electron chi connectivity index (χ0n) is 10.00. The number of aldehydes is 1. The molecule has 0 spiro atoms. The molecule has 1 fully saturated rings. The summed E-state index contributed by atoms with van der Waals surface area (Å²) in [5.41, 5.74) is -0.0203. The van der Waals surface area contributed by atoms with Gasteiger partial charge in [0.2, 0.25) is 0 Å². The molecule has 7 heteroatoms. The number of amides is 1. The van der Waals surface area contributed by atoms with Crippen LogP contribution in [0.25, 0.3) is 0 Å². The molecule has 0 aromatic heterocycles. The van der Waals surface area contributed by atoms with E-state index in [-0.39, 0.29) is 35.6 Å². The fraction of sp³-hybridized carbons (Fsp3) is 0.333. The molecule has 1 N–H and O–H groups in total. The van der Waals surface area contributed by atoms with Gasteiger partial charge in [-0.1, -0.05) is 0 Å². The van der Waals surface area contributed by atoms with Gasteiger partial charge in [0.25, 0.3) is 5.91 Å². The maximum atomic E-state index is 11.4. The van der Waals surface area contributed by atoms with Crippen LogP contribution in [0, 0.1) is 10.1 Å². The summed E-state index contributed by atoms with van der Waals surface area (Å²) in [6.45, 7) is -0.306. The first-order chi connectivity index (χ1) is 9.10. The Labute approximate surface area is 108 Å². The van der Waals surface area contributed by atoms with E-state index in [4.69, 9.17) is 4.74 Å². The van der Waals surface area contributed by atoms with Gasteiger partial charge in [-0.25, -0.2) is 0 Å². The summed E-state index contributed by atoms with van der Waals surface area (Å²) in [4.78, 5) is 32.2. The first kappa shape index (κ1) is 13.0. The van der Waals surface area contributed by atoms with Crippen molar-refractivity contribution in [3.8, 4) is 5.75 Å². The Hall–Kier alpha value is -2.44. The Kier molecular flexibility index (Phi) is 3.74. The lowest BCUT2D eigenvalue weighted by molar-refractivity contribution is -0.385. The second-order valence-corrected chi connectivity index (χ2v) is 4.23. The molecule has 0 atom stereocenters. The summed E-state index contributed by atoms with van der Waals surface area (Å²) >= 11 is 0. The smallest absolute Gasteiger partial charge is 0.310 e. The first-order valence-corrected chi connectivity index (χ1v) is 5.76. The van der Waals surface area contributed by atoms with Crippen molar-refractivity contribution in [2.75, 3.05) is 6.61 Å². The van der Waals surface area contributed by atoms with E-state index in [1.807, 2.05) is 0 Å². The number of benzene rings is 1. The van der Waals surface area contributed by atoms with E-state index in [0.29, 0.717) is 6.29 Å². The number of ether oxygens (including phenoxy) is 1. The third kappa shape index (κ3) is 3.51. The fourth-order valence-corrected chi connectivity index (χ4v) is 1.51. The van der Waals surface area contributed by atoms with Crippen LogP contribution in [0.2, 0.25) is 0 Å². The molecule has 0 saturated heterocycles. The van der Waals surface area contributed by atoms with Gasteiger partial charge in [-0.05, 0) is 25.0 Å². The molecule has 0 unspecified atom stereocenters. The molecule has 1 aliphatic carbocycles. The lowest BCUT2D eigenvalue weighted by Gasteiger charge is -2.07. The first-order valence-electron chi connectivity index (χ1n) is 5.76. The summed E-state index contributed by atoms with van der Waals surface area (Å²) in [5, 5.41) is 13.5. The summed E-state index contributed by atoms with van der Waals surface area (Å²) < 4.78 is 5.12. The van der Waals surface area contributed by atoms with Gasteiger partial charge in [0.15, 0.2) is 12.4 Å². The van der Waals surface area contributed by atoms with E-state index in [9.17, 15) is 19.7 Å². The van der Waals surface area contributed by atoms with E-state index < -0.39 is 4.92 Å². The van der Waals surface area contributed by atoms with Crippen molar-refractivity contribution < 1.29 is 19.2 Å². The van der Waals surface area contributed by atoms with Crippen LogP contribution in [0.5, 0.6) is 5.75 Å². The minimum atomic E-state index is -0.622. The standard InChI is InChI=1S/C12H12N2O5/c15-6-8-1-4-10(14(17)18)11(5-8)19-7-12(16)13-9-2-3-9/h1,4-6,9H,2-3,7H2,(H,13,16). The van der Waals surface area contributed by atoms with Gasteiger partial charge >= 0.3 is 5.69 Å². The van der Waals surface area contributed by atoms with Gasteiger partial charge in [0, 0.05) is 17.7 Å². The Morgan fingerprint density at radius 2 is 2.26 bits per heavy atom. The molecule has 1 aromatic rings. The van der Waals surface area contributed by atoms with Crippen LogP contribution in [0.3, 0.4) is 0 Å². The van der Waals surface area contributed by atoms with Crippen molar-refractivity contribution in [1.82, 2.24) is 5.32 Å². The Bertz CT molecular complexity index is 525. The molecular weight excluding hydrogens is 252 g/mol. The molecule has 1 saturated carbocycles. The van der Waals surface area contributed by atoms with Gasteiger partial charge in [-0.15, -0.1) is 0 Å². The van der Waals surface area contributed by atoms with Crippen LogP contribution in [-0.4, -0.2) is 29.8 Å². The third-order valence-electron chi connectivity index (χ3n) is 2.62. The molecule has 1 amide bonds. The molecule has 0 bridgehead atoms. The molecule has 0 heterocycles.